The maximum Gasteiger partial charge on any atom is 0.231 e. The van der Waals surface area contributed by atoms with Gasteiger partial charge < -0.3 is 9.47 Å². The molecule has 1 saturated carbocycles. The lowest BCUT2D eigenvalue weighted by Crippen LogP contribution is -2.15. The van der Waals surface area contributed by atoms with Gasteiger partial charge in [0.1, 0.15) is 0 Å². The van der Waals surface area contributed by atoms with E-state index in [9.17, 15) is 4.79 Å². The van der Waals surface area contributed by atoms with Crippen molar-refractivity contribution in [1.82, 2.24) is 0 Å². The van der Waals surface area contributed by atoms with Crippen LogP contribution in [0.3, 0.4) is 0 Å². The molecule has 0 bridgehead atoms. The van der Waals surface area contributed by atoms with E-state index in [0.717, 1.165) is 29.9 Å². The molecule has 0 unspecified atom stereocenters. The maximum absolute atomic E-state index is 12.1. The summed E-state index contributed by atoms with van der Waals surface area (Å²) >= 11 is 0. The van der Waals surface area contributed by atoms with Gasteiger partial charge in [-0.05, 0) is 36.6 Å². The van der Waals surface area contributed by atoms with Crippen LogP contribution in [0.25, 0.3) is 6.08 Å². The molecule has 0 spiro atoms. The molecule has 0 atom stereocenters. The highest BCUT2D eigenvalue weighted by Gasteiger charge is 2.18. The van der Waals surface area contributed by atoms with E-state index >= 15 is 0 Å². The Morgan fingerprint density at radius 2 is 1.89 bits per heavy atom. The van der Waals surface area contributed by atoms with Crippen LogP contribution in [0.1, 0.15) is 37.7 Å². The van der Waals surface area contributed by atoms with Crippen molar-refractivity contribution >= 4 is 11.9 Å². The molecule has 1 aliphatic heterocycles. The van der Waals surface area contributed by atoms with Crippen LogP contribution in [0.4, 0.5) is 0 Å². The number of ether oxygens (including phenoxy) is 2. The van der Waals surface area contributed by atoms with Gasteiger partial charge >= 0.3 is 0 Å². The minimum atomic E-state index is 0.235. The van der Waals surface area contributed by atoms with Crippen LogP contribution in [-0.4, -0.2) is 12.6 Å². The van der Waals surface area contributed by atoms with Crippen LogP contribution in [0, 0.1) is 5.92 Å². The van der Waals surface area contributed by atoms with Crippen molar-refractivity contribution in [1.29, 1.82) is 0 Å². The molecular weight excluding hydrogens is 240 g/mol. The molecule has 1 fully saturated rings. The van der Waals surface area contributed by atoms with Gasteiger partial charge in [0.05, 0.1) is 0 Å². The number of carbonyl (C=O) groups is 1. The number of hydrogen-bond acceptors (Lipinski definition) is 3. The van der Waals surface area contributed by atoms with E-state index in [-0.39, 0.29) is 18.5 Å². The number of carbonyl (C=O) groups excluding carboxylic acids is 1. The molecule has 0 radical (unpaired) electrons. The monoisotopic (exact) mass is 258 g/mol. The average molecular weight is 258 g/mol. The highest BCUT2D eigenvalue weighted by Crippen LogP contribution is 2.33. The first kappa shape index (κ1) is 12.3. The average Bonchev–Trinajstić information content (AvgIpc) is 2.93. The zero-order valence-corrected chi connectivity index (χ0v) is 10.9. The standard InChI is InChI=1S/C16H18O3/c17-14(13-4-2-1-3-5-13)8-6-12-7-9-15-16(10-12)19-11-18-15/h6-10,13H,1-5,11H2/b8-6+. The van der Waals surface area contributed by atoms with Crippen molar-refractivity contribution < 1.29 is 14.3 Å². The van der Waals surface area contributed by atoms with Crippen LogP contribution in [0.2, 0.25) is 0 Å². The number of hydrogen-bond donors (Lipinski definition) is 0. The van der Waals surface area contributed by atoms with E-state index in [1.165, 1.54) is 19.3 Å². The van der Waals surface area contributed by atoms with E-state index in [2.05, 4.69) is 0 Å². The van der Waals surface area contributed by atoms with E-state index in [1.54, 1.807) is 6.08 Å². The summed E-state index contributed by atoms with van der Waals surface area (Å²) in [5, 5.41) is 0. The highest BCUT2D eigenvalue weighted by molar-refractivity contribution is 5.95. The van der Waals surface area contributed by atoms with Crippen molar-refractivity contribution in [3.63, 3.8) is 0 Å². The van der Waals surface area contributed by atoms with Crippen LogP contribution in [0.15, 0.2) is 24.3 Å². The number of ketones is 1. The van der Waals surface area contributed by atoms with Crippen LogP contribution in [0.5, 0.6) is 11.5 Å². The third-order valence-electron chi connectivity index (χ3n) is 3.84. The summed E-state index contributed by atoms with van der Waals surface area (Å²) in [4.78, 5) is 12.1. The molecule has 0 aromatic heterocycles. The van der Waals surface area contributed by atoms with Gasteiger partial charge in [-0.1, -0.05) is 31.4 Å². The molecule has 3 heteroatoms. The van der Waals surface area contributed by atoms with Gasteiger partial charge in [0.25, 0.3) is 0 Å². The molecule has 3 nitrogen and oxygen atoms in total. The molecule has 0 saturated heterocycles. The summed E-state index contributed by atoms with van der Waals surface area (Å²) < 4.78 is 10.6. The van der Waals surface area contributed by atoms with Crippen molar-refractivity contribution in [3.8, 4) is 11.5 Å². The molecule has 3 rings (SSSR count). The van der Waals surface area contributed by atoms with Gasteiger partial charge in [0, 0.05) is 5.92 Å². The van der Waals surface area contributed by atoms with Crippen molar-refractivity contribution in [2.75, 3.05) is 6.79 Å². The molecule has 0 amide bonds. The highest BCUT2D eigenvalue weighted by atomic mass is 16.7. The van der Waals surface area contributed by atoms with Gasteiger partial charge in [-0.2, -0.15) is 0 Å². The fourth-order valence-corrected chi connectivity index (χ4v) is 2.72. The summed E-state index contributed by atoms with van der Waals surface area (Å²) in [5.41, 5.74) is 0.980. The van der Waals surface area contributed by atoms with Gasteiger partial charge in [-0.25, -0.2) is 0 Å². The summed E-state index contributed by atoms with van der Waals surface area (Å²) in [6.45, 7) is 0.281. The van der Waals surface area contributed by atoms with E-state index in [4.69, 9.17) is 9.47 Å². The smallest absolute Gasteiger partial charge is 0.231 e. The lowest BCUT2D eigenvalue weighted by atomic mass is 9.86. The van der Waals surface area contributed by atoms with E-state index in [1.807, 2.05) is 24.3 Å². The predicted molar refractivity (Wildman–Crippen MR) is 73.2 cm³/mol. The fourth-order valence-electron chi connectivity index (χ4n) is 2.72. The number of benzene rings is 1. The molecular formula is C16H18O3. The largest absolute Gasteiger partial charge is 0.454 e. The van der Waals surface area contributed by atoms with Crippen LogP contribution < -0.4 is 9.47 Å². The lowest BCUT2D eigenvalue weighted by Gasteiger charge is -2.18. The van der Waals surface area contributed by atoms with Gasteiger partial charge in [0.2, 0.25) is 6.79 Å². The summed E-state index contributed by atoms with van der Waals surface area (Å²) in [6, 6.07) is 5.73. The Morgan fingerprint density at radius 1 is 1.11 bits per heavy atom. The number of allylic oxidation sites excluding steroid dienone is 1. The second-order valence-electron chi connectivity index (χ2n) is 5.18. The van der Waals surface area contributed by atoms with E-state index in [0.29, 0.717) is 0 Å². The van der Waals surface area contributed by atoms with Gasteiger partial charge in [-0.3, -0.25) is 4.79 Å². The first-order valence-corrected chi connectivity index (χ1v) is 6.94. The molecule has 1 aromatic carbocycles. The normalized spacial score (nSPS) is 18.9. The van der Waals surface area contributed by atoms with E-state index < -0.39 is 0 Å². The van der Waals surface area contributed by atoms with Crippen LogP contribution in [-0.2, 0) is 4.79 Å². The molecule has 19 heavy (non-hydrogen) atoms. The van der Waals surface area contributed by atoms with Gasteiger partial charge in [-0.15, -0.1) is 0 Å². The number of rotatable bonds is 3. The number of fused-ring (bicyclic) bond motifs is 1. The SMILES string of the molecule is O=C(/C=C/c1ccc2c(c1)OCO2)C1CCCCC1. The Balaban J connectivity index is 1.66. The summed E-state index contributed by atoms with van der Waals surface area (Å²) in [5.74, 6) is 2.03. The van der Waals surface area contributed by atoms with Crippen molar-refractivity contribution in [2.45, 2.75) is 32.1 Å². The Bertz CT molecular complexity index is 499. The molecule has 1 heterocycles. The zero-order chi connectivity index (χ0) is 13.1. The fraction of sp³-hybridized carbons (Fsp3) is 0.438. The third-order valence-corrected chi connectivity index (χ3v) is 3.84. The molecule has 100 valence electrons. The molecule has 0 N–H and O–H groups in total. The molecule has 2 aliphatic rings. The van der Waals surface area contributed by atoms with Crippen molar-refractivity contribution in [2.24, 2.45) is 5.92 Å². The maximum atomic E-state index is 12.1. The first-order chi connectivity index (χ1) is 9.33. The predicted octanol–water partition coefficient (Wildman–Crippen LogP) is 3.58. The van der Waals surface area contributed by atoms with Gasteiger partial charge in [0.15, 0.2) is 17.3 Å². The first-order valence-electron chi connectivity index (χ1n) is 6.94. The molecule has 1 aliphatic carbocycles. The minimum Gasteiger partial charge on any atom is -0.454 e. The Hall–Kier alpha value is -1.77. The summed E-state index contributed by atoms with van der Waals surface area (Å²) in [6.07, 6.45) is 9.33. The second-order valence-corrected chi connectivity index (χ2v) is 5.18. The van der Waals surface area contributed by atoms with Crippen molar-refractivity contribution in [3.05, 3.63) is 29.8 Å². The quantitative estimate of drug-likeness (QED) is 0.777. The lowest BCUT2D eigenvalue weighted by molar-refractivity contribution is -0.119. The third kappa shape index (κ3) is 2.80. The Kier molecular flexibility index (Phi) is 3.53. The Labute approximate surface area is 113 Å². The topological polar surface area (TPSA) is 35.5 Å². The minimum absolute atomic E-state index is 0.235. The zero-order valence-electron chi connectivity index (χ0n) is 10.9. The summed E-state index contributed by atoms with van der Waals surface area (Å²) in [7, 11) is 0. The van der Waals surface area contributed by atoms with Crippen LogP contribution >= 0.6 is 0 Å². The second kappa shape index (κ2) is 5.47. The Morgan fingerprint density at radius 3 is 2.74 bits per heavy atom. The molecule has 1 aromatic rings.